The van der Waals surface area contributed by atoms with Crippen LogP contribution in [0.3, 0.4) is 0 Å². The van der Waals surface area contributed by atoms with Gasteiger partial charge in [-0.1, -0.05) is 73.7 Å². The van der Waals surface area contributed by atoms with Crippen LogP contribution in [0.25, 0.3) is 11.1 Å². The highest BCUT2D eigenvalue weighted by atomic mass is 32.1. The molecule has 0 bridgehead atoms. The lowest BCUT2D eigenvalue weighted by atomic mass is 9.99. The topological polar surface area (TPSA) is 66.8 Å². The Hall–Kier alpha value is -3.18. The average Bonchev–Trinajstić information content (AvgIpc) is 2.81. The Morgan fingerprint density at radius 2 is 1.66 bits per heavy atom. The first-order chi connectivity index (χ1) is 15.5. The molecule has 0 fully saturated rings. The number of unbranched alkanes of at least 4 members (excludes halogenated alkanes) is 1. The zero-order valence-electron chi connectivity index (χ0n) is 18.2. The molecule has 0 amide bonds. The van der Waals surface area contributed by atoms with Crippen LogP contribution in [0.5, 0.6) is 11.5 Å². The van der Waals surface area contributed by atoms with Gasteiger partial charge in [-0.15, -0.1) is 0 Å². The van der Waals surface area contributed by atoms with E-state index in [0.29, 0.717) is 35.6 Å². The normalized spacial score (nSPS) is 11.7. The van der Waals surface area contributed by atoms with Crippen molar-refractivity contribution in [3.05, 3.63) is 83.9 Å². The third-order valence-corrected chi connectivity index (χ3v) is 5.98. The van der Waals surface area contributed by atoms with Crippen LogP contribution >= 0.6 is 12.2 Å². The number of hydrogen-bond donors (Lipinski definition) is 2. The second kappa shape index (κ2) is 11.4. The molecule has 166 valence electrons. The van der Waals surface area contributed by atoms with E-state index in [0.717, 1.165) is 29.5 Å². The smallest absolute Gasteiger partial charge is 0.306 e. The number of aliphatic carboxylic acids is 1. The Bertz CT molecular complexity index is 1050. The molecule has 1 atom stereocenters. The number of benzene rings is 3. The van der Waals surface area contributed by atoms with E-state index < -0.39 is 5.97 Å². The molecule has 0 heterocycles. The summed E-state index contributed by atoms with van der Waals surface area (Å²) in [6.07, 6.45) is 2.84. The van der Waals surface area contributed by atoms with Gasteiger partial charge in [-0.2, -0.15) is 0 Å². The molecule has 3 rings (SSSR count). The van der Waals surface area contributed by atoms with Gasteiger partial charge in [-0.05, 0) is 54.5 Å². The summed E-state index contributed by atoms with van der Waals surface area (Å²) < 4.78 is 5.72. The van der Waals surface area contributed by atoms with Crippen molar-refractivity contribution >= 4 is 23.1 Å². The molecule has 0 saturated carbocycles. The molecule has 32 heavy (non-hydrogen) atoms. The van der Waals surface area contributed by atoms with Crippen molar-refractivity contribution in [2.24, 2.45) is 5.92 Å². The zero-order valence-corrected chi connectivity index (χ0v) is 19.0. The van der Waals surface area contributed by atoms with Crippen LogP contribution in [-0.4, -0.2) is 27.7 Å². The summed E-state index contributed by atoms with van der Waals surface area (Å²) >= 11 is 5.61. The molecule has 3 aromatic rings. The number of thiocarbonyl (C=S) groups is 1. The van der Waals surface area contributed by atoms with E-state index in [1.807, 2.05) is 49.4 Å². The van der Waals surface area contributed by atoms with E-state index in [9.17, 15) is 9.90 Å². The molecular weight excluding hydrogens is 420 g/mol. The van der Waals surface area contributed by atoms with Gasteiger partial charge in [0.25, 0.3) is 0 Å². The van der Waals surface area contributed by atoms with E-state index in [2.05, 4.69) is 12.1 Å². The molecule has 2 N–H and O–H groups in total. The summed E-state index contributed by atoms with van der Waals surface area (Å²) in [6.45, 7) is 2.36. The van der Waals surface area contributed by atoms with E-state index in [4.69, 9.17) is 22.1 Å². The molecular formula is C27H28O4S. The molecule has 0 aromatic heterocycles. The highest BCUT2D eigenvalue weighted by Gasteiger charge is 2.14. The molecule has 3 aromatic carbocycles. The van der Waals surface area contributed by atoms with Gasteiger partial charge in [0.05, 0.1) is 17.4 Å². The number of carboxylic acid groups (broad SMARTS) is 1. The fourth-order valence-electron chi connectivity index (χ4n) is 3.58. The number of carboxylic acids is 1. The zero-order chi connectivity index (χ0) is 22.9. The van der Waals surface area contributed by atoms with E-state index in [1.54, 1.807) is 18.2 Å². The van der Waals surface area contributed by atoms with Gasteiger partial charge >= 0.3 is 5.97 Å². The number of rotatable bonds is 11. The van der Waals surface area contributed by atoms with E-state index in [1.165, 1.54) is 0 Å². The monoisotopic (exact) mass is 448 g/mol. The number of hydrogen-bond acceptors (Lipinski definition) is 4. The van der Waals surface area contributed by atoms with Crippen LogP contribution in [0.1, 0.15) is 43.7 Å². The first-order valence-electron chi connectivity index (χ1n) is 10.9. The Morgan fingerprint density at radius 3 is 2.28 bits per heavy atom. The lowest BCUT2D eigenvalue weighted by Crippen LogP contribution is -2.12. The number of ether oxygens (including phenoxy) is 1. The molecule has 0 spiro atoms. The van der Waals surface area contributed by atoms with Gasteiger partial charge in [-0.25, -0.2) is 0 Å². The van der Waals surface area contributed by atoms with Crippen molar-refractivity contribution in [1.29, 1.82) is 0 Å². The standard InChI is InChI=1S/C27H28O4S/c1-2-19(27(29)30)8-6-7-17-31-23-15-16-24(25(28)18-23)26(32)22-13-11-21(12-14-22)20-9-4-3-5-10-20/h3-5,9-16,18-19,28H,2,6-8,17H2,1H3,(H,29,30). The molecule has 5 heteroatoms. The summed E-state index contributed by atoms with van der Waals surface area (Å²) in [7, 11) is 0. The minimum Gasteiger partial charge on any atom is -0.507 e. The summed E-state index contributed by atoms with van der Waals surface area (Å²) in [6, 6.07) is 23.3. The second-order valence-corrected chi connectivity index (χ2v) is 8.15. The van der Waals surface area contributed by atoms with Crippen molar-refractivity contribution in [3.63, 3.8) is 0 Å². The molecule has 0 saturated heterocycles. The molecule has 0 aliphatic rings. The summed E-state index contributed by atoms with van der Waals surface area (Å²) in [4.78, 5) is 11.6. The Labute approximate surface area is 194 Å². The van der Waals surface area contributed by atoms with Crippen LogP contribution in [0.2, 0.25) is 0 Å². The van der Waals surface area contributed by atoms with Crippen molar-refractivity contribution in [2.75, 3.05) is 6.61 Å². The maximum absolute atomic E-state index is 11.1. The van der Waals surface area contributed by atoms with Crippen LogP contribution in [0.4, 0.5) is 0 Å². The predicted molar refractivity (Wildman–Crippen MR) is 132 cm³/mol. The Morgan fingerprint density at radius 1 is 0.969 bits per heavy atom. The minimum absolute atomic E-state index is 0.0801. The average molecular weight is 449 g/mol. The van der Waals surface area contributed by atoms with Crippen LogP contribution in [-0.2, 0) is 4.79 Å². The Balaban J connectivity index is 1.56. The molecule has 4 nitrogen and oxygen atoms in total. The number of phenols is 1. The van der Waals surface area contributed by atoms with Gasteiger partial charge in [0, 0.05) is 11.6 Å². The predicted octanol–water partition coefficient (Wildman–Crippen LogP) is 6.49. The van der Waals surface area contributed by atoms with Crippen molar-refractivity contribution in [3.8, 4) is 22.6 Å². The maximum atomic E-state index is 11.1. The van der Waals surface area contributed by atoms with Gasteiger partial charge in [0.15, 0.2) is 0 Å². The highest BCUT2D eigenvalue weighted by Crippen LogP contribution is 2.28. The first kappa shape index (κ1) is 23.5. The quantitative estimate of drug-likeness (QED) is 0.199. The largest absolute Gasteiger partial charge is 0.507 e. The van der Waals surface area contributed by atoms with E-state index in [-0.39, 0.29) is 11.7 Å². The lowest BCUT2D eigenvalue weighted by molar-refractivity contribution is -0.142. The highest BCUT2D eigenvalue weighted by molar-refractivity contribution is 7.81. The first-order valence-corrected chi connectivity index (χ1v) is 11.3. The summed E-state index contributed by atoms with van der Waals surface area (Å²) in [5.74, 6) is -0.379. The minimum atomic E-state index is -0.736. The van der Waals surface area contributed by atoms with Crippen molar-refractivity contribution < 1.29 is 19.7 Å². The molecule has 0 aliphatic carbocycles. The van der Waals surface area contributed by atoms with Gasteiger partial charge in [0.1, 0.15) is 11.5 Å². The lowest BCUT2D eigenvalue weighted by Gasteiger charge is -2.12. The Kier molecular flexibility index (Phi) is 8.40. The van der Waals surface area contributed by atoms with Crippen LogP contribution in [0.15, 0.2) is 72.8 Å². The maximum Gasteiger partial charge on any atom is 0.306 e. The number of aromatic hydroxyl groups is 1. The third-order valence-electron chi connectivity index (χ3n) is 5.53. The van der Waals surface area contributed by atoms with Gasteiger partial charge in [-0.3, -0.25) is 4.79 Å². The third kappa shape index (κ3) is 6.17. The van der Waals surface area contributed by atoms with Crippen LogP contribution in [0, 0.1) is 5.92 Å². The van der Waals surface area contributed by atoms with Crippen molar-refractivity contribution in [1.82, 2.24) is 0 Å². The fourth-order valence-corrected chi connectivity index (χ4v) is 3.89. The van der Waals surface area contributed by atoms with E-state index >= 15 is 0 Å². The van der Waals surface area contributed by atoms with Gasteiger partial charge in [0.2, 0.25) is 0 Å². The SMILES string of the molecule is CCC(CCCCOc1ccc(C(=S)c2ccc(-c3ccccc3)cc2)c(O)c1)C(=O)O. The molecule has 1 unspecified atom stereocenters. The molecule has 0 radical (unpaired) electrons. The van der Waals surface area contributed by atoms with Crippen LogP contribution < -0.4 is 4.74 Å². The summed E-state index contributed by atoms with van der Waals surface area (Å²) in [5, 5.41) is 19.6. The summed E-state index contributed by atoms with van der Waals surface area (Å²) in [5.41, 5.74) is 3.71. The fraction of sp³-hybridized carbons (Fsp3) is 0.259. The second-order valence-electron chi connectivity index (χ2n) is 7.74. The van der Waals surface area contributed by atoms with Gasteiger partial charge < -0.3 is 14.9 Å². The number of phenolic OH excluding ortho intramolecular Hbond substituents is 1. The number of carbonyl (C=O) groups is 1. The van der Waals surface area contributed by atoms with Crippen molar-refractivity contribution in [2.45, 2.75) is 32.6 Å². The molecule has 0 aliphatic heterocycles.